The summed E-state index contributed by atoms with van der Waals surface area (Å²) in [4.78, 5) is 13.4. The van der Waals surface area contributed by atoms with Gasteiger partial charge in [0.25, 0.3) is 0 Å². The third kappa shape index (κ3) is 5.11. The number of fused-ring (bicyclic) bond motifs is 1. The second-order valence-corrected chi connectivity index (χ2v) is 10.2. The van der Waals surface area contributed by atoms with Crippen molar-refractivity contribution >= 4 is 44.4 Å². The SMILES string of the molecule is Cc1cc(C)c(NC(=O)[C@@H](Cc2ccccc2)NS(=O)(=O)c2cccc3nsnc23)c(C)c1. The van der Waals surface area contributed by atoms with Gasteiger partial charge in [0.2, 0.25) is 15.9 Å². The number of carbonyl (C=O) groups is 1. The van der Waals surface area contributed by atoms with E-state index in [1.807, 2.05) is 63.2 Å². The van der Waals surface area contributed by atoms with Crippen molar-refractivity contribution in [2.75, 3.05) is 5.32 Å². The monoisotopic (exact) mass is 480 g/mol. The summed E-state index contributed by atoms with van der Waals surface area (Å²) >= 11 is 0.946. The fourth-order valence-electron chi connectivity index (χ4n) is 3.87. The molecule has 0 aliphatic carbocycles. The van der Waals surface area contributed by atoms with Crippen LogP contribution in [-0.4, -0.2) is 29.1 Å². The van der Waals surface area contributed by atoms with E-state index in [-0.39, 0.29) is 11.3 Å². The van der Waals surface area contributed by atoms with Gasteiger partial charge in [-0.1, -0.05) is 54.1 Å². The highest BCUT2D eigenvalue weighted by molar-refractivity contribution is 7.89. The van der Waals surface area contributed by atoms with Gasteiger partial charge < -0.3 is 5.32 Å². The minimum Gasteiger partial charge on any atom is -0.324 e. The van der Waals surface area contributed by atoms with Crippen LogP contribution >= 0.6 is 11.7 Å². The summed E-state index contributed by atoms with van der Waals surface area (Å²) in [7, 11) is -4.05. The number of amides is 1. The molecule has 3 aromatic carbocycles. The summed E-state index contributed by atoms with van der Waals surface area (Å²) in [6.07, 6.45) is 0.196. The molecule has 0 aliphatic heterocycles. The Hall–Kier alpha value is -3.14. The van der Waals surface area contributed by atoms with Crippen molar-refractivity contribution in [1.29, 1.82) is 0 Å². The summed E-state index contributed by atoms with van der Waals surface area (Å²) in [6, 6.07) is 17.0. The van der Waals surface area contributed by atoms with Gasteiger partial charge in [-0.05, 0) is 56.0 Å². The fourth-order valence-corrected chi connectivity index (χ4v) is 5.84. The molecule has 0 saturated carbocycles. The molecule has 4 rings (SSSR count). The lowest BCUT2D eigenvalue weighted by Gasteiger charge is -2.21. The number of carbonyl (C=O) groups excluding carboxylic acids is 1. The van der Waals surface area contributed by atoms with E-state index in [0.717, 1.165) is 34.0 Å². The van der Waals surface area contributed by atoms with Gasteiger partial charge in [0, 0.05) is 5.69 Å². The maximum absolute atomic E-state index is 13.4. The van der Waals surface area contributed by atoms with Gasteiger partial charge in [0.15, 0.2) is 0 Å². The second-order valence-electron chi connectivity index (χ2n) is 8.01. The number of anilines is 1. The van der Waals surface area contributed by atoms with Crippen molar-refractivity contribution in [3.8, 4) is 0 Å². The van der Waals surface area contributed by atoms with Gasteiger partial charge in [-0.15, -0.1) is 0 Å². The molecule has 1 heterocycles. The zero-order valence-electron chi connectivity index (χ0n) is 18.5. The number of hydrogen-bond acceptors (Lipinski definition) is 6. The average Bonchev–Trinajstić information content (AvgIpc) is 3.25. The van der Waals surface area contributed by atoms with Crippen LogP contribution in [0.5, 0.6) is 0 Å². The number of hydrogen-bond donors (Lipinski definition) is 2. The van der Waals surface area contributed by atoms with Gasteiger partial charge in [0.1, 0.15) is 22.0 Å². The minimum absolute atomic E-state index is 0.00214. The predicted octanol–water partition coefficient (Wildman–Crippen LogP) is 4.14. The molecule has 0 radical (unpaired) electrons. The van der Waals surface area contributed by atoms with Gasteiger partial charge >= 0.3 is 0 Å². The first-order chi connectivity index (χ1) is 15.7. The van der Waals surface area contributed by atoms with Crippen LogP contribution in [0.25, 0.3) is 11.0 Å². The molecule has 1 amide bonds. The van der Waals surface area contributed by atoms with Crippen molar-refractivity contribution in [2.24, 2.45) is 0 Å². The largest absolute Gasteiger partial charge is 0.324 e. The standard InChI is InChI=1S/C24H24N4O3S2/c1-15-12-16(2)22(17(3)13-15)25-24(29)20(14-18-8-5-4-6-9-18)28-33(30,31)21-11-7-10-19-23(21)27-32-26-19/h4-13,20,28H,14H2,1-3H3,(H,25,29)/t20-/m1/s1. The minimum atomic E-state index is -4.05. The summed E-state index contributed by atoms with van der Waals surface area (Å²) < 4.78 is 37.5. The van der Waals surface area contributed by atoms with Crippen LogP contribution in [0.3, 0.4) is 0 Å². The number of nitrogens with zero attached hydrogens (tertiary/aromatic N) is 2. The van der Waals surface area contributed by atoms with Crippen LogP contribution < -0.4 is 10.0 Å². The lowest BCUT2D eigenvalue weighted by Crippen LogP contribution is -2.45. The Kier molecular flexibility index (Phi) is 6.55. The van der Waals surface area contributed by atoms with Gasteiger partial charge in [-0.2, -0.15) is 13.5 Å². The maximum atomic E-state index is 13.4. The van der Waals surface area contributed by atoms with E-state index in [9.17, 15) is 13.2 Å². The zero-order valence-corrected chi connectivity index (χ0v) is 20.1. The third-order valence-corrected chi connectivity index (χ3v) is 7.41. The molecule has 0 spiro atoms. The number of rotatable bonds is 7. The van der Waals surface area contributed by atoms with Crippen LogP contribution in [0.4, 0.5) is 5.69 Å². The normalized spacial score (nSPS) is 12.6. The van der Waals surface area contributed by atoms with Gasteiger partial charge in [0.05, 0.1) is 11.7 Å². The summed E-state index contributed by atoms with van der Waals surface area (Å²) in [5.41, 5.74) is 5.24. The molecular formula is C24H24N4O3S2. The van der Waals surface area contributed by atoms with Crippen LogP contribution in [-0.2, 0) is 21.2 Å². The summed E-state index contributed by atoms with van der Waals surface area (Å²) in [5, 5.41) is 2.94. The molecule has 1 atom stereocenters. The number of aryl methyl sites for hydroxylation is 3. The molecule has 0 aliphatic rings. The summed E-state index contributed by atoms with van der Waals surface area (Å²) in [5.74, 6) is -0.430. The van der Waals surface area contributed by atoms with E-state index in [2.05, 4.69) is 18.8 Å². The molecular weight excluding hydrogens is 456 g/mol. The Morgan fingerprint density at radius 1 is 0.970 bits per heavy atom. The molecule has 9 heteroatoms. The van der Waals surface area contributed by atoms with Crippen molar-refractivity contribution in [2.45, 2.75) is 38.1 Å². The summed E-state index contributed by atoms with van der Waals surface area (Å²) in [6.45, 7) is 5.83. The molecule has 0 unspecified atom stereocenters. The van der Waals surface area contributed by atoms with E-state index in [4.69, 9.17) is 0 Å². The van der Waals surface area contributed by atoms with Crippen LogP contribution in [0.2, 0.25) is 0 Å². The number of benzene rings is 3. The van der Waals surface area contributed by atoms with E-state index in [0.29, 0.717) is 16.7 Å². The maximum Gasteiger partial charge on any atom is 0.243 e. The quantitative estimate of drug-likeness (QED) is 0.414. The van der Waals surface area contributed by atoms with E-state index < -0.39 is 22.0 Å². The van der Waals surface area contributed by atoms with Crippen LogP contribution in [0.1, 0.15) is 22.3 Å². The third-order valence-electron chi connectivity index (χ3n) is 5.36. The molecule has 0 saturated heterocycles. The lowest BCUT2D eigenvalue weighted by atomic mass is 10.0. The predicted molar refractivity (Wildman–Crippen MR) is 131 cm³/mol. The lowest BCUT2D eigenvalue weighted by molar-refractivity contribution is -0.117. The van der Waals surface area contributed by atoms with Crippen LogP contribution in [0.15, 0.2) is 65.6 Å². The second kappa shape index (κ2) is 9.38. The van der Waals surface area contributed by atoms with Gasteiger partial charge in [-0.25, -0.2) is 8.42 Å². The van der Waals surface area contributed by atoms with Crippen molar-refractivity contribution in [1.82, 2.24) is 13.5 Å². The topological polar surface area (TPSA) is 101 Å². The van der Waals surface area contributed by atoms with Crippen LogP contribution in [0, 0.1) is 20.8 Å². The van der Waals surface area contributed by atoms with Crippen molar-refractivity contribution in [3.63, 3.8) is 0 Å². The molecule has 0 fully saturated rings. The first-order valence-corrected chi connectivity index (χ1v) is 12.6. The number of sulfonamides is 1. The number of aromatic nitrogens is 2. The smallest absolute Gasteiger partial charge is 0.243 e. The van der Waals surface area contributed by atoms with E-state index >= 15 is 0 Å². The molecule has 7 nitrogen and oxygen atoms in total. The Bertz CT molecular complexity index is 1390. The Morgan fingerprint density at radius 2 is 1.67 bits per heavy atom. The van der Waals surface area contributed by atoms with Gasteiger partial charge in [-0.3, -0.25) is 4.79 Å². The van der Waals surface area contributed by atoms with E-state index in [1.165, 1.54) is 6.07 Å². The van der Waals surface area contributed by atoms with Crippen molar-refractivity contribution < 1.29 is 13.2 Å². The molecule has 170 valence electrons. The van der Waals surface area contributed by atoms with E-state index in [1.54, 1.807) is 12.1 Å². The molecule has 4 aromatic rings. The average molecular weight is 481 g/mol. The molecule has 0 bridgehead atoms. The highest BCUT2D eigenvalue weighted by Gasteiger charge is 2.28. The highest BCUT2D eigenvalue weighted by atomic mass is 32.2. The molecule has 1 aromatic heterocycles. The Balaban J connectivity index is 1.68. The number of nitrogens with one attached hydrogen (secondary N) is 2. The molecule has 2 N–H and O–H groups in total. The van der Waals surface area contributed by atoms with Crippen molar-refractivity contribution in [3.05, 3.63) is 82.9 Å². The highest BCUT2D eigenvalue weighted by Crippen LogP contribution is 2.24. The first kappa shape index (κ1) is 23.0. The Morgan fingerprint density at radius 3 is 2.36 bits per heavy atom. The fraction of sp³-hybridized carbons (Fsp3) is 0.208. The molecule has 33 heavy (non-hydrogen) atoms. The Labute approximate surface area is 197 Å². The zero-order chi connectivity index (χ0) is 23.6. The first-order valence-electron chi connectivity index (χ1n) is 10.4.